The maximum absolute atomic E-state index is 3.99. The van der Waals surface area contributed by atoms with Gasteiger partial charge in [0.1, 0.15) is 0 Å². The van der Waals surface area contributed by atoms with E-state index >= 15 is 0 Å². The third kappa shape index (κ3) is 3.85. The Morgan fingerprint density at radius 1 is 0.812 bits per heavy atom. The molecule has 1 aromatic heterocycles. The van der Waals surface area contributed by atoms with Gasteiger partial charge in [-0.05, 0) is 30.2 Å². The first-order valence-electron chi connectivity index (χ1n) is 5.75. The zero-order valence-corrected chi connectivity index (χ0v) is 10.3. The normalized spacial score (nSPS) is 9.19. The highest BCUT2D eigenvalue weighted by atomic mass is 14.6. The first-order valence-corrected chi connectivity index (χ1v) is 5.75. The zero-order valence-electron chi connectivity index (χ0n) is 10.3. The molecule has 0 unspecified atom stereocenters. The molecular weight excluding hydrogens is 194 g/mol. The first kappa shape index (κ1) is 12.4. The van der Waals surface area contributed by atoms with Crippen LogP contribution in [0.25, 0.3) is 11.1 Å². The highest BCUT2D eigenvalue weighted by molar-refractivity contribution is 5.62. The fourth-order valence-corrected chi connectivity index (χ4v) is 1.29. The van der Waals surface area contributed by atoms with Crippen LogP contribution in [0.3, 0.4) is 0 Å². The molecule has 1 aromatic carbocycles. The molecular formula is C15H19N. The summed E-state index contributed by atoms with van der Waals surface area (Å²) in [5.74, 6) is 0. The van der Waals surface area contributed by atoms with Gasteiger partial charge < -0.3 is 0 Å². The zero-order chi connectivity index (χ0) is 11.8. The summed E-state index contributed by atoms with van der Waals surface area (Å²) in [7, 11) is 0. The van der Waals surface area contributed by atoms with Crippen LogP contribution in [0.1, 0.15) is 25.8 Å². The molecule has 0 aliphatic heterocycles. The highest BCUT2D eigenvalue weighted by Crippen LogP contribution is 2.17. The highest BCUT2D eigenvalue weighted by Gasteiger charge is 1.94. The van der Waals surface area contributed by atoms with Gasteiger partial charge in [-0.2, -0.15) is 0 Å². The minimum Gasteiger partial charge on any atom is -0.265 e. The lowest BCUT2D eigenvalue weighted by molar-refractivity contribution is 1.09. The van der Waals surface area contributed by atoms with E-state index in [0.717, 1.165) is 0 Å². The quantitative estimate of drug-likeness (QED) is 0.681. The van der Waals surface area contributed by atoms with Crippen LogP contribution in [0, 0.1) is 6.92 Å². The van der Waals surface area contributed by atoms with Gasteiger partial charge in [0, 0.05) is 12.4 Å². The van der Waals surface area contributed by atoms with Crippen molar-refractivity contribution in [1.82, 2.24) is 4.98 Å². The van der Waals surface area contributed by atoms with Gasteiger partial charge in [0.05, 0.1) is 0 Å². The van der Waals surface area contributed by atoms with Crippen molar-refractivity contribution in [3.63, 3.8) is 0 Å². The molecule has 84 valence electrons. The summed E-state index contributed by atoms with van der Waals surface area (Å²) in [6.45, 7) is 6.34. The summed E-state index contributed by atoms with van der Waals surface area (Å²) < 4.78 is 0. The van der Waals surface area contributed by atoms with Crippen LogP contribution in [0.4, 0.5) is 0 Å². The van der Waals surface area contributed by atoms with Gasteiger partial charge in [-0.3, -0.25) is 4.98 Å². The Labute approximate surface area is 98.2 Å². The smallest absolute Gasteiger partial charge is 0.0273 e. The topological polar surface area (TPSA) is 12.9 Å². The van der Waals surface area contributed by atoms with Gasteiger partial charge >= 0.3 is 0 Å². The van der Waals surface area contributed by atoms with Gasteiger partial charge in [-0.25, -0.2) is 0 Å². The maximum Gasteiger partial charge on any atom is 0.0273 e. The number of aryl methyl sites for hydroxylation is 1. The van der Waals surface area contributed by atoms with Crippen molar-refractivity contribution in [2.24, 2.45) is 0 Å². The van der Waals surface area contributed by atoms with Gasteiger partial charge in [0.15, 0.2) is 0 Å². The van der Waals surface area contributed by atoms with E-state index in [0.29, 0.717) is 0 Å². The largest absolute Gasteiger partial charge is 0.265 e. The molecule has 1 heterocycles. The van der Waals surface area contributed by atoms with Gasteiger partial charge in [-0.1, -0.05) is 50.1 Å². The van der Waals surface area contributed by atoms with Crippen molar-refractivity contribution in [1.29, 1.82) is 0 Å². The van der Waals surface area contributed by atoms with Crippen molar-refractivity contribution in [2.45, 2.75) is 27.2 Å². The van der Waals surface area contributed by atoms with Crippen molar-refractivity contribution in [3.8, 4) is 11.1 Å². The first-order chi connectivity index (χ1) is 7.77. The van der Waals surface area contributed by atoms with Crippen molar-refractivity contribution >= 4 is 0 Å². The van der Waals surface area contributed by atoms with Crippen LogP contribution >= 0.6 is 0 Å². The summed E-state index contributed by atoms with van der Waals surface area (Å²) in [5, 5.41) is 0. The summed E-state index contributed by atoms with van der Waals surface area (Å²) in [6.07, 6.45) is 4.88. The molecule has 0 amide bonds. The molecule has 0 atom stereocenters. The number of benzene rings is 1. The van der Waals surface area contributed by atoms with Crippen LogP contribution in [0.5, 0.6) is 0 Å². The number of rotatable bonds is 1. The van der Waals surface area contributed by atoms with E-state index in [1.54, 1.807) is 0 Å². The average molecular weight is 213 g/mol. The lowest BCUT2D eigenvalue weighted by atomic mass is 10.1. The Kier molecular flexibility index (Phi) is 5.27. The second kappa shape index (κ2) is 6.78. The van der Waals surface area contributed by atoms with Gasteiger partial charge in [-0.15, -0.1) is 0 Å². The van der Waals surface area contributed by atoms with E-state index in [1.807, 2.05) is 24.5 Å². The van der Waals surface area contributed by atoms with E-state index in [-0.39, 0.29) is 0 Å². The number of hydrogen-bond donors (Lipinski definition) is 0. The summed E-state index contributed by atoms with van der Waals surface area (Å²) in [5.41, 5.74) is 3.75. The van der Waals surface area contributed by atoms with Crippen molar-refractivity contribution in [3.05, 3.63) is 54.4 Å². The fourth-order valence-electron chi connectivity index (χ4n) is 1.29. The van der Waals surface area contributed by atoms with E-state index in [2.05, 4.69) is 50.0 Å². The molecule has 0 fully saturated rings. The van der Waals surface area contributed by atoms with E-state index < -0.39 is 0 Å². The average Bonchev–Trinajstić information content (AvgIpc) is 2.32. The van der Waals surface area contributed by atoms with E-state index in [9.17, 15) is 0 Å². The maximum atomic E-state index is 3.99. The van der Waals surface area contributed by atoms with Gasteiger partial charge in [0.25, 0.3) is 0 Å². The Morgan fingerprint density at radius 2 is 1.25 bits per heavy atom. The molecule has 16 heavy (non-hydrogen) atoms. The van der Waals surface area contributed by atoms with E-state index in [1.165, 1.54) is 23.1 Å². The summed E-state index contributed by atoms with van der Waals surface area (Å²) in [6, 6.07) is 12.5. The van der Waals surface area contributed by atoms with E-state index in [4.69, 9.17) is 0 Å². The molecule has 0 saturated heterocycles. The second-order valence-electron chi connectivity index (χ2n) is 3.81. The van der Waals surface area contributed by atoms with Crippen molar-refractivity contribution < 1.29 is 0 Å². The Bertz CT molecular complexity index is 390. The molecule has 1 nitrogen and oxygen atoms in total. The minimum atomic E-state index is 1.22. The Balaban J connectivity index is 0.000000386. The number of nitrogens with zero attached hydrogens (tertiary/aromatic N) is 1. The Morgan fingerprint density at radius 3 is 1.75 bits per heavy atom. The SMILES string of the molecule is CCC.Cc1ccc(-c2ccncc2)cc1. The van der Waals surface area contributed by atoms with Crippen LogP contribution < -0.4 is 0 Å². The predicted molar refractivity (Wildman–Crippen MR) is 70.4 cm³/mol. The third-order valence-electron chi connectivity index (χ3n) is 2.07. The number of pyridine rings is 1. The second-order valence-corrected chi connectivity index (χ2v) is 3.81. The lowest BCUT2D eigenvalue weighted by Gasteiger charge is -2.00. The van der Waals surface area contributed by atoms with Crippen LogP contribution in [-0.2, 0) is 0 Å². The monoisotopic (exact) mass is 213 g/mol. The predicted octanol–water partition coefficient (Wildman–Crippen LogP) is 4.47. The fraction of sp³-hybridized carbons (Fsp3) is 0.267. The third-order valence-corrected chi connectivity index (χ3v) is 2.07. The summed E-state index contributed by atoms with van der Waals surface area (Å²) >= 11 is 0. The number of aromatic nitrogens is 1. The molecule has 2 rings (SSSR count). The van der Waals surface area contributed by atoms with Crippen molar-refractivity contribution in [2.75, 3.05) is 0 Å². The lowest BCUT2D eigenvalue weighted by Crippen LogP contribution is -1.78. The molecule has 0 aliphatic carbocycles. The molecule has 0 saturated carbocycles. The van der Waals surface area contributed by atoms with Crippen LogP contribution in [-0.4, -0.2) is 4.98 Å². The van der Waals surface area contributed by atoms with Gasteiger partial charge in [0.2, 0.25) is 0 Å². The van der Waals surface area contributed by atoms with Crippen LogP contribution in [0.2, 0.25) is 0 Å². The minimum absolute atomic E-state index is 1.22. The molecule has 0 N–H and O–H groups in total. The standard InChI is InChI=1S/C12H11N.C3H8/c1-10-2-4-11(5-3-10)12-6-8-13-9-7-12;1-3-2/h2-9H,1H3;3H2,1-2H3. The van der Waals surface area contributed by atoms with Crippen LogP contribution in [0.15, 0.2) is 48.8 Å². The molecule has 2 aromatic rings. The molecule has 1 heteroatoms. The Hall–Kier alpha value is -1.63. The number of hydrogen-bond acceptors (Lipinski definition) is 1. The molecule has 0 bridgehead atoms. The summed E-state index contributed by atoms with van der Waals surface area (Å²) in [4.78, 5) is 3.99. The molecule has 0 radical (unpaired) electrons. The molecule has 0 aliphatic rings. The molecule has 0 spiro atoms.